The second-order valence-electron chi connectivity index (χ2n) is 9.19. The molecule has 0 aliphatic rings. The molecule has 0 unspecified atom stereocenters. The number of carbonyl (C=O) groups excluding carboxylic acids is 1. The van der Waals surface area contributed by atoms with Gasteiger partial charge in [-0.2, -0.15) is 0 Å². The molecule has 0 saturated carbocycles. The van der Waals surface area contributed by atoms with E-state index in [-0.39, 0.29) is 17.4 Å². The van der Waals surface area contributed by atoms with Gasteiger partial charge in [-0.15, -0.1) is 0 Å². The van der Waals surface area contributed by atoms with Crippen LogP contribution in [-0.2, 0) is 10.2 Å². The topological polar surface area (TPSA) is 69.6 Å². The van der Waals surface area contributed by atoms with Gasteiger partial charge < -0.3 is 15.5 Å². The van der Waals surface area contributed by atoms with Crippen LogP contribution in [-0.4, -0.2) is 22.7 Å². The molecule has 2 aromatic carbocycles. The van der Waals surface area contributed by atoms with Gasteiger partial charge in [0, 0.05) is 6.54 Å². The third-order valence-electron chi connectivity index (χ3n) is 6.55. The number of hydrogen-bond donors (Lipinski definition) is 3. The highest BCUT2D eigenvalue weighted by Gasteiger charge is 2.41. The number of aromatic hydroxyl groups is 2. The lowest BCUT2D eigenvalue weighted by Gasteiger charge is -2.34. The Morgan fingerprint density at radius 3 is 1.52 bits per heavy atom. The third kappa shape index (κ3) is 8.10. The zero-order valence-corrected chi connectivity index (χ0v) is 20.6. The summed E-state index contributed by atoms with van der Waals surface area (Å²) in [6.07, 6.45) is 14.1. The van der Waals surface area contributed by atoms with Crippen LogP contribution in [0.1, 0.15) is 102 Å². The molecule has 0 radical (unpaired) electrons. The lowest BCUT2D eigenvalue weighted by molar-refractivity contribution is -0.125. The van der Waals surface area contributed by atoms with Crippen LogP contribution in [0.4, 0.5) is 0 Å². The van der Waals surface area contributed by atoms with Crippen molar-refractivity contribution in [2.24, 2.45) is 0 Å². The molecule has 2 aromatic rings. The van der Waals surface area contributed by atoms with Crippen LogP contribution < -0.4 is 5.32 Å². The Balaban J connectivity index is 1.97. The van der Waals surface area contributed by atoms with E-state index >= 15 is 0 Å². The SMILES string of the molecule is CCCCCCCCCCCCNC(=O)C(CCC)(c1ccc(O)cc1)c1ccc(O)cc1. The van der Waals surface area contributed by atoms with E-state index in [1.54, 1.807) is 24.3 Å². The molecular formula is C29H43NO3. The summed E-state index contributed by atoms with van der Waals surface area (Å²) >= 11 is 0. The lowest BCUT2D eigenvalue weighted by atomic mass is 9.70. The fourth-order valence-corrected chi connectivity index (χ4v) is 4.66. The molecule has 33 heavy (non-hydrogen) atoms. The molecule has 0 aliphatic heterocycles. The molecule has 182 valence electrons. The molecular weight excluding hydrogens is 410 g/mol. The predicted molar refractivity (Wildman–Crippen MR) is 137 cm³/mol. The van der Waals surface area contributed by atoms with Gasteiger partial charge >= 0.3 is 0 Å². The number of phenols is 2. The molecule has 4 nitrogen and oxygen atoms in total. The quantitative estimate of drug-likeness (QED) is 0.235. The van der Waals surface area contributed by atoms with Crippen molar-refractivity contribution in [1.82, 2.24) is 5.32 Å². The zero-order valence-electron chi connectivity index (χ0n) is 20.6. The summed E-state index contributed by atoms with van der Waals surface area (Å²) < 4.78 is 0. The van der Waals surface area contributed by atoms with Gasteiger partial charge in [-0.05, 0) is 48.2 Å². The van der Waals surface area contributed by atoms with Crippen molar-refractivity contribution < 1.29 is 15.0 Å². The smallest absolute Gasteiger partial charge is 0.235 e. The highest BCUT2D eigenvalue weighted by atomic mass is 16.3. The number of nitrogens with one attached hydrogen (secondary N) is 1. The van der Waals surface area contributed by atoms with Crippen LogP contribution in [0.15, 0.2) is 48.5 Å². The van der Waals surface area contributed by atoms with Crippen molar-refractivity contribution in [1.29, 1.82) is 0 Å². The van der Waals surface area contributed by atoms with E-state index < -0.39 is 5.41 Å². The number of unbranched alkanes of at least 4 members (excludes halogenated alkanes) is 9. The molecule has 0 aromatic heterocycles. The van der Waals surface area contributed by atoms with Crippen molar-refractivity contribution >= 4 is 5.91 Å². The van der Waals surface area contributed by atoms with E-state index in [4.69, 9.17) is 0 Å². The Hall–Kier alpha value is -2.49. The molecule has 1 amide bonds. The summed E-state index contributed by atoms with van der Waals surface area (Å²) in [6.45, 7) is 4.99. The Bertz CT molecular complexity index is 753. The molecule has 0 bridgehead atoms. The Kier molecular flexibility index (Phi) is 11.9. The van der Waals surface area contributed by atoms with E-state index in [1.165, 1.54) is 51.4 Å². The highest BCUT2D eigenvalue weighted by Crippen LogP contribution is 2.38. The van der Waals surface area contributed by atoms with Gasteiger partial charge in [0.25, 0.3) is 0 Å². The van der Waals surface area contributed by atoms with Crippen molar-refractivity contribution in [3.05, 3.63) is 59.7 Å². The minimum Gasteiger partial charge on any atom is -0.508 e. The van der Waals surface area contributed by atoms with Crippen LogP contribution in [0.2, 0.25) is 0 Å². The maximum absolute atomic E-state index is 13.7. The summed E-state index contributed by atoms with van der Waals surface area (Å²) in [5.41, 5.74) is 0.857. The summed E-state index contributed by atoms with van der Waals surface area (Å²) in [4.78, 5) is 13.7. The summed E-state index contributed by atoms with van der Waals surface area (Å²) in [5, 5.41) is 22.8. The molecule has 0 aliphatic carbocycles. The molecule has 2 rings (SSSR count). The maximum Gasteiger partial charge on any atom is 0.235 e. The normalized spacial score (nSPS) is 11.5. The molecule has 0 saturated heterocycles. The van der Waals surface area contributed by atoms with Crippen molar-refractivity contribution in [3.8, 4) is 11.5 Å². The largest absolute Gasteiger partial charge is 0.508 e. The summed E-state index contributed by atoms with van der Waals surface area (Å²) in [5.74, 6) is 0.345. The Morgan fingerprint density at radius 2 is 1.09 bits per heavy atom. The fourth-order valence-electron chi connectivity index (χ4n) is 4.66. The van der Waals surface area contributed by atoms with Gasteiger partial charge in [0.1, 0.15) is 11.5 Å². The second kappa shape index (κ2) is 14.6. The van der Waals surface area contributed by atoms with Gasteiger partial charge in [-0.25, -0.2) is 0 Å². The molecule has 3 N–H and O–H groups in total. The van der Waals surface area contributed by atoms with Crippen molar-refractivity contribution in [2.75, 3.05) is 6.54 Å². The second-order valence-corrected chi connectivity index (χ2v) is 9.19. The number of hydrogen-bond acceptors (Lipinski definition) is 3. The Morgan fingerprint density at radius 1 is 0.667 bits per heavy atom. The van der Waals surface area contributed by atoms with Crippen LogP contribution in [0.3, 0.4) is 0 Å². The van der Waals surface area contributed by atoms with Crippen LogP contribution in [0, 0.1) is 0 Å². The van der Waals surface area contributed by atoms with Gasteiger partial charge in [0.05, 0.1) is 5.41 Å². The van der Waals surface area contributed by atoms with E-state index in [0.29, 0.717) is 13.0 Å². The van der Waals surface area contributed by atoms with E-state index in [1.807, 2.05) is 24.3 Å². The number of carbonyl (C=O) groups is 1. The van der Waals surface area contributed by atoms with Crippen molar-refractivity contribution in [3.63, 3.8) is 0 Å². The minimum absolute atomic E-state index is 0.0170. The lowest BCUT2D eigenvalue weighted by Crippen LogP contribution is -2.45. The monoisotopic (exact) mass is 453 g/mol. The number of amides is 1. The molecule has 0 heterocycles. The summed E-state index contributed by atoms with van der Waals surface area (Å²) in [7, 11) is 0. The van der Waals surface area contributed by atoms with Gasteiger partial charge in [-0.1, -0.05) is 102 Å². The third-order valence-corrected chi connectivity index (χ3v) is 6.55. The average Bonchev–Trinajstić information content (AvgIpc) is 2.82. The highest BCUT2D eigenvalue weighted by molar-refractivity contribution is 5.92. The van der Waals surface area contributed by atoms with Gasteiger partial charge in [-0.3, -0.25) is 4.79 Å². The van der Waals surface area contributed by atoms with Gasteiger partial charge in [0.2, 0.25) is 5.91 Å². The molecule has 0 atom stereocenters. The maximum atomic E-state index is 13.7. The summed E-state index contributed by atoms with van der Waals surface area (Å²) in [6, 6.07) is 13.9. The fraction of sp³-hybridized carbons (Fsp3) is 0.552. The van der Waals surface area contributed by atoms with Crippen LogP contribution in [0.25, 0.3) is 0 Å². The first kappa shape index (κ1) is 26.8. The molecule has 0 fully saturated rings. The van der Waals surface area contributed by atoms with E-state index in [9.17, 15) is 15.0 Å². The first-order valence-electron chi connectivity index (χ1n) is 12.9. The van der Waals surface area contributed by atoms with Gasteiger partial charge in [0.15, 0.2) is 0 Å². The first-order chi connectivity index (χ1) is 16.0. The number of rotatable bonds is 16. The molecule has 0 spiro atoms. The average molecular weight is 454 g/mol. The van der Waals surface area contributed by atoms with Crippen LogP contribution >= 0.6 is 0 Å². The predicted octanol–water partition coefficient (Wildman–Crippen LogP) is 7.22. The van der Waals surface area contributed by atoms with Crippen molar-refractivity contribution in [2.45, 2.75) is 96.3 Å². The number of benzene rings is 2. The standard InChI is InChI=1S/C29H43NO3/c1-3-5-6-7-8-9-10-11-12-13-23-30-28(33)29(22-4-2,24-14-18-26(31)19-15-24)25-16-20-27(32)21-17-25/h14-21,31-32H,3-13,22-23H2,1-2H3,(H,30,33). The van der Waals surface area contributed by atoms with E-state index in [0.717, 1.165) is 30.4 Å². The van der Waals surface area contributed by atoms with E-state index in [2.05, 4.69) is 19.2 Å². The Labute approximate surface area is 200 Å². The minimum atomic E-state index is -0.853. The molecule has 4 heteroatoms. The number of phenolic OH excluding ortho intramolecular Hbond substituents is 2. The van der Waals surface area contributed by atoms with Crippen LogP contribution in [0.5, 0.6) is 11.5 Å². The zero-order chi connectivity index (χ0) is 23.9. The first-order valence-corrected chi connectivity index (χ1v) is 12.9.